The maximum Gasteiger partial charge on any atom is 0.223 e. The van der Waals surface area contributed by atoms with Crippen LogP contribution in [0.2, 0.25) is 0 Å². The number of nitrogens with two attached hydrogens (primary N) is 1. The lowest BCUT2D eigenvalue weighted by Crippen LogP contribution is -2.45. The molecule has 0 rings (SSSR count). The topological polar surface area (TPSA) is 63.4 Å². The SMILES string of the molecule is CCC(C)CN(CC)S(=O)(=O)C(CC)C(N)=S. The summed E-state index contributed by atoms with van der Waals surface area (Å²) in [6, 6.07) is 0. The van der Waals surface area contributed by atoms with Gasteiger partial charge in [-0.2, -0.15) is 0 Å². The van der Waals surface area contributed by atoms with Crippen molar-refractivity contribution < 1.29 is 8.42 Å². The molecule has 2 unspecified atom stereocenters. The van der Waals surface area contributed by atoms with Gasteiger partial charge in [-0.15, -0.1) is 0 Å². The van der Waals surface area contributed by atoms with Crippen LogP contribution in [-0.4, -0.2) is 36.1 Å². The van der Waals surface area contributed by atoms with Gasteiger partial charge in [0.15, 0.2) is 0 Å². The molecule has 2 N–H and O–H groups in total. The van der Waals surface area contributed by atoms with Crippen LogP contribution in [0.4, 0.5) is 0 Å². The van der Waals surface area contributed by atoms with Crippen molar-refractivity contribution in [3.63, 3.8) is 0 Å². The van der Waals surface area contributed by atoms with Crippen LogP contribution in [0, 0.1) is 5.92 Å². The van der Waals surface area contributed by atoms with Crippen LogP contribution < -0.4 is 5.73 Å². The summed E-state index contributed by atoms with van der Waals surface area (Å²) in [5, 5.41) is -0.735. The number of hydrogen-bond acceptors (Lipinski definition) is 3. The van der Waals surface area contributed by atoms with Gasteiger partial charge in [-0.3, -0.25) is 0 Å². The Balaban J connectivity index is 5.04. The van der Waals surface area contributed by atoms with Gasteiger partial charge in [0.2, 0.25) is 10.0 Å². The summed E-state index contributed by atoms with van der Waals surface area (Å²) >= 11 is 4.85. The van der Waals surface area contributed by atoms with E-state index in [2.05, 4.69) is 6.92 Å². The molecule has 0 aliphatic rings. The number of thiocarbonyl (C=S) groups is 1. The maximum absolute atomic E-state index is 12.3. The Hall–Kier alpha value is -0.200. The second-order valence-corrected chi connectivity index (χ2v) is 6.90. The molecule has 102 valence electrons. The lowest BCUT2D eigenvalue weighted by atomic mass is 10.1. The summed E-state index contributed by atoms with van der Waals surface area (Å²) in [6.07, 6.45) is 1.38. The summed E-state index contributed by atoms with van der Waals surface area (Å²) in [5.74, 6) is 0.341. The van der Waals surface area contributed by atoms with Crippen molar-refractivity contribution in [2.75, 3.05) is 13.1 Å². The Labute approximate surface area is 111 Å². The number of rotatable bonds is 8. The Morgan fingerprint density at radius 2 is 1.82 bits per heavy atom. The minimum atomic E-state index is -3.40. The van der Waals surface area contributed by atoms with Crippen molar-refractivity contribution >= 4 is 27.2 Å². The zero-order valence-electron chi connectivity index (χ0n) is 11.1. The first-order valence-electron chi connectivity index (χ1n) is 6.09. The quantitative estimate of drug-likeness (QED) is 0.688. The van der Waals surface area contributed by atoms with Gasteiger partial charge in [-0.1, -0.05) is 46.3 Å². The summed E-state index contributed by atoms with van der Waals surface area (Å²) in [4.78, 5) is 0.0649. The fourth-order valence-corrected chi connectivity index (χ4v) is 4.06. The molecule has 0 amide bonds. The first-order chi connectivity index (χ1) is 7.81. The van der Waals surface area contributed by atoms with E-state index >= 15 is 0 Å². The number of sulfonamides is 1. The van der Waals surface area contributed by atoms with Gasteiger partial charge < -0.3 is 5.73 Å². The third-order valence-corrected chi connectivity index (χ3v) is 5.84. The van der Waals surface area contributed by atoms with Gasteiger partial charge in [0.05, 0.1) is 4.99 Å². The summed E-state index contributed by atoms with van der Waals surface area (Å²) in [6.45, 7) is 8.72. The zero-order chi connectivity index (χ0) is 13.6. The second-order valence-electron chi connectivity index (χ2n) is 4.31. The standard InChI is InChI=1S/C11H24N2O2S2/c1-5-9(4)8-13(7-3)17(14,15)10(6-2)11(12)16/h9-10H,5-8H2,1-4H3,(H2,12,16). The predicted octanol–water partition coefficient (Wildman–Crippen LogP) is 1.75. The monoisotopic (exact) mass is 280 g/mol. The first-order valence-corrected chi connectivity index (χ1v) is 8.00. The molecule has 0 saturated carbocycles. The van der Waals surface area contributed by atoms with Crippen LogP contribution in [0.15, 0.2) is 0 Å². The van der Waals surface area contributed by atoms with E-state index in [4.69, 9.17) is 18.0 Å². The maximum atomic E-state index is 12.3. The highest BCUT2D eigenvalue weighted by Crippen LogP contribution is 2.16. The van der Waals surface area contributed by atoms with Crippen LogP contribution >= 0.6 is 12.2 Å². The van der Waals surface area contributed by atoms with Gasteiger partial charge in [0.1, 0.15) is 5.25 Å². The largest absolute Gasteiger partial charge is 0.392 e. The van der Waals surface area contributed by atoms with E-state index < -0.39 is 15.3 Å². The van der Waals surface area contributed by atoms with E-state index in [1.165, 1.54) is 4.31 Å². The minimum Gasteiger partial charge on any atom is -0.392 e. The molecule has 6 heteroatoms. The molecule has 17 heavy (non-hydrogen) atoms. The molecule has 2 atom stereocenters. The van der Waals surface area contributed by atoms with Crippen LogP contribution in [0.1, 0.15) is 40.5 Å². The Kier molecular flexibility index (Phi) is 7.20. The molecule has 0 aromatic carbocycles. The highest BCUT2D eigenvalue weighted by Gasteiger charge is 2.32. The molecule has 0 radical (unpaired) electrons. The molecular weight excluding hydrogens is 256 g/mol. The molecular formula is C11H24N2O2S2. The molecule has 0 spiro atoms. The summed E-state index contributed by atoms with van der Waals surface area (Å²) < 4.78 is 26.2. The number of nitrogens with zero attached hydrogens (tertiary/aromatic N) is 1. The van der Waals surface area contributed by atoms with Crippen molar-refractivity contribution in [2.45, 2.75) is 45.8 Å². The zero-order valence-corrected chi connectivity index (χ0v) is 12.8. The van der Waals surface area contributed by atoms with Crippen LogP contribution in [0.25, 0.3) is 0 Å². The molecule has 0 aromatic rings. The van der Waals surface area contributed by atoms with Gasteiger partial charge in [-0.05, 0) is 12.3 Å². The third kappa shape index (κ3) is 4.52. The predicted molar refractivity (Wildman–Crippen MR) is 76.5 cm³/mol. The first kappa shape index (κ1) is 16.8. The lowest BCUT2D eigenvalue weighted by molar-refractivity contribution is 0.359. The van der Waals surface area contributed by atoms with E-state index in [1.807, 2.05) is 13.8 Å². The van der Waals surface area contributed by atoms with E-state index in [1.54, 1.807) is 6.92 Å². The average molecular weight is 280 g/mol. The van der Waals surface area contributed by atoms with E-state index in [-0.39, 0.29) is 4.99 Å². The van der Waals surface area contributed by atoms with Crippen molar-refractivity contribution in [3.05, 3.63) is 0 Å². The van der Waals surface area contributed by atoms with Gasteiger partial charge in [0.25, 0.3) is 0 Å². The van der Waals surface area contributed by atoms with Gasteiger partial charge >= 0.3 is 0 Å². The molecule has 0 bridgehead atoms. The molecule has 0 aliphatic carbocycles. The second kappa shape index (κ2) is 7.28. The van der Waals surface area contributed by atoms with Crippen LogP contribution in [0.5, 0.6) is 0 Å². The van der Waals surface area contributed by atoms with E-state index in [0.717, 1.165) is 6.42 Å². The van der Waals surface area contributed by atoms with Crippen molar-refractivity contribution in [2.24, 2.45) is 11.7 Å². The summed E-state index contributed by atoms with van der Waals surface area (Å²) in [7, 11) is -3.40. The third-order valence-electron chi connectivity index (χ3n) is 2.97. The summed E-state index contributed by atoms with van der Waals surface area (Å²) in [5.41, 5.74) is 5.51. The van der Waals surface area contributed by atoms with E-state index in [0.29, 0.717) is 25.4 Å². The van der Waals surface area contributed by atoms with Crippen LogP contribution in [-0.2, 0) is 10.0 Å². The Morgan fingerprint density at radius 3 is 2.12 bits per heavy atom. The molecule has 4 nitrogen and oxygen atoms in total. The Bertz CT molecular complexity index is 341. The molecule has 0 aromatic heterocycles. The minimum absolute atomic E-state index is 0.0649. The number of hydrogen-bond donors (Lipinski definition) is 1. The highest BCUT2D eigenvalue weighted by molar-refractivity contribution is 7.92. The van der Waals surface area contributed by atoms with Gasteiger partial charge in [-0.25, -0.2) is 12.7 Å². The molecule has 0 aliphatic heterocycles. The fraction of sp³-hybridized carbons (Fsp3) is 0.909. The Morgan fingerprint density at radius 1 is 1.29 bits per heavy atom. The smallest absolute Gasteiger partial charge is 0.223 e. The highest BCUT2D eigenvalue weighted by atomic mass is 32.2. The lowest BCUT2D eigenvalue weighted by Gasteiger charge is -2.27. The van der Waals surface area contributed by atoms with E-state index in [9.17, 15) is 8.42 Å². The average Bonchev–Trinajstić information content (AvgIpc) is 2.24. The fourth-order valence-electron chi connectivity index (χ4n) is 1.63. The van der Waals surface area contributed by atoms with Crippen LogP contribution in [0.3, 0.4) is 0 Å². The van der Waals surface area contributed by atoms with Crippen molar-refractivity contribution in [3.8, 4) is 0 Å². The van der Waals surface area contributed by atoms with Gasteiger partial charge in [0, 0.05) is 13.1 Å². The normalized spacial score (nSPS) is 15.8. The van der Waals surface area contributed by atoms with Crippen molar-refractivity contribution in [1.82, 2.24) is 4.31 Å². The molecule has 0 saturated heterocycles. The molecule has 0 fully saturated rings. The molecule has 0 heterocycles. The van der Waals surface area contributed by atoms with Crippen molar-refractivity contribution in [1.29, 1.82) is 0 Å².